The van der Waals surface area contributed by atoms with E-state index in [4.69, 9.17) is 9.47 Å². The van der Waals surface area contributed by atoms with Crippen molar-refractivity contribution in [3.8, 4) is 44.5 Å². The maximum atomic E-state index is 13.4. The van der Waals surface area contributed by atoms with Crippen LogP contribution in [0.1, 0.15) is 79.1 Å². The van der Waals surface area contributed by atoms with Crippen LogP contribution in [0.15, 0.2) is 133 Å². The molecule has 296 valence electrons. The van der Waals surface area contributed by atoms with Crippen LogP contribution in [0.5, 0.6) is 0 Å². The molecule has 60 heavy (non-hydrogen) atoms. The summed E-state index contributed by atoms with van der Waals surface area (Å²) in [6, 6.07) is 48.5. The zero-order valence-corrected chi connectivity index (χ0v) is 35.2. The molecular formula is C56H48O4. The summed E-state index contributed by atoms with van der Waals surface area (Å²) < 4.78 is 10.5. The molecule has 4 nitrogen and oxygen atoms in total. The van der Waals surface area contributed by atoms with Crippen LogP contribution in [0, 0.1) is 13.8 Å². The molecule has 0 aliphatic heterocycles. The normalized spacial score (nSPS) is 12.0. The van der Waals surface area contributed by atoms with E-state index in [2.05, 4.69) is 147 Å². The molecule has 0 radical (unpaired) electrons. The van der Waals surface area contributed by atoms with Crippen molar-refractivity contribution >= 4 is 33.5 Å². The Morgan fingerprint density at radius 2 is 0.733 bits per heavy atom. The predicted octanol–water partition coefficient (Wildman–Crippen LogP) is 13.5. The summed E-state index contributed by atoms with van der Waals surface area (Å²) in [7, 11) is 2.73. The second-order valence-corrected chi connectivity index (χ2v) is 15.8. The van der Waals surface area contributed by atoms with Gasteiger partial charge < -0.3 is 9.47 Å². The first kappa shape index (κ1) is 38.7. The zero-order valence-electron chi connectivity index (χ0n) is 35.2. The number of fused-ring (bicyclic) bond motifs is 4. The van der Waals surface area contributed by atoms with Gasteiger partial charge in [0.05, 0.1) is 25.3 Å². The van der Waals surface area contributed by atoms with Gasteiger partial charge in [0.2, 0.25) is 0 Å². The van der Waals surface area contributed by atoms with Crippen LogP contribution in [0.2, 0.25) is 0 Å². The van der Waals surface area contributed by atoms with Gasteiger partial charge in [-0.15, -0.1) is 0 Å². The first-order chi connectivity index (χ1) is 29.3. The number of carbonyl (C=O) groups excluding carboxylic acids is 2. The molecule has 0 unspecified atom stereocenters. The Labute approximate surface area is 352 Å². The summed E-state index contributed by atoms with van der Waals surface area (Å²) in [4.78, 5) is 26.8. The van der Waals surface area contributed by atoms with Gasteiger partial charge in [-0.3, -0.25) is 0 Å². The number of benzene rings is 8. The molecule has 1 aliphatic rings. The van der Waals surface area contributed by atoms with Crippen LogP contribution in [-0.4, -0.2) is 26.2 Å². The Morgan fingerprint density at radius 3 is 1.02 bits per heavy atom. The Bertz CT molecular complexity index is 2780. The fourth-order valence-electron chi connectivity index (χ4n) is 10.2. The van der Waals surface area contributed by atoms with Crippen LogP contribution in [0.25, 0.3) is 66.1 Å². The third-order valence-corrected chi connectivity index (χ3v) is 12.9. The minimum Gasteiger partial charge on any atom is -0.465 e. The molecule has 0 saturated carbocycles. The second-order valence-electron chi connectivity index (χ2n) is 15.8. The molecular weight excluding hydrogens is 737 g/mol. The van der Waals surface area contributed by atoms with E-state index in [-0.39, 0.29) is 0 Å². The number of methoxy groups -OCH3 is 2. The maximum Gasteiger partial charge on any atom is 0.339 e. The van der Waals surface area contributed by atoms with Gasteiger partial charge in [-0.05, 0) is 162 Å². The van der Waals surface area contributed by atoms with Crippen LogP contribution >= 0.6 is 0 Å². The Hall–Kier alpha value is -6.78. The van der Waals surface area contributed by atoms with Crippen molar-refractivity contribution in [2.45, 2.75) is 53.4 Å². The molecule has 0 amide bonds. The van der Waals surface area contributed by atoms with Crippen molar-refractivity contribution in [1.82, 2.24) is 0 Å². The lowest BCUT2D eigenvalue weighted by Crippen LogP contribution is -2.23. The molecule has 1 aliphatic carbocycles. The zero-order chi connectivity index (χ0) is 41.7. The fraction of sp³-hybridized carbons (Fsp3) is 0.179. The monoisotopic (exact) mass is 784 g/mol. The molecule has 0 atom stereocenters. The van der Waals surface area contributed by atoms with Crippen LogP contribution in [0.4, 0.5) is 0 Å². The van der Waals surface area contributed by atoms with Crippen molar-refractivity contribution in [3.05, 3.63) is 189 Å². The van der Waals surface area contributed by atoms with Crippen LogP contribution in [-0.2, 0) is 35.2 Å². The van der Waals surface area contributed by atoms with Crippen molar-refractivity contribution in [2.24, 2.45) is 0 Å². The first-order valence-corrected chi connectivity index (χ1v) is 21.0. The third-order valence-electron chi connectivity index (χ3n) is 12.9. The molecule has 8 aromatic carbocycles. The van der Waals surface area contributed by atoms with E-state index >= 15 is 0 Å². The molecule has 9 rings (SSSR count). The van der Waals surface area contributed by atoms with Gasteiger partial charge in [0.25, 0.3) is 0 Å². The minimum atomic E-state index is -0.522. The molecule has 0 aromatic heterocycles. The summed E-state index contributed by atoms with van der Waals surface area (Å²) in [5.74, 6) is -1.04. The van der Waals surface area contributed by atoms with Crippen molar-refractivity contribution in [3.63, 3.8) is 0 Å². The van der Waals surface area contributed by atoms with Gasteiger partial charge in [-0.1, -0.05) is 135 Å². The number of esters is 2. The topological polar surface area (TPSA) is 52.6 Å². The lowest BCUT2D eigenvalue weighted by atomic mass is 9.72. The fourth-order valence-corrected chi connectivity index (χ4v) is 10.2. The van der Waals surface area contributed by atoms with Crippen molar-refractivity contribution in [1.29, 1.82) is 0 Å². The highest BCUT2D eigenvalue weighted by molar-refractivity contribution is 6.21. The molecule has 0 heterocycles. The lowest BCUT2D eigenvalue weighted by Gasteiger charge is -2.31. The number of hydrogen-bond acceptors (Lipinski definition) is 4. The maximum absolute atomic E-state index is 13.4. The molecule has 0 fully saturated rings. The Balaban J connectivity index is 1.47. The Kier molecular flexibility index (Phi) is 10.2. The number of carbonyl (C=O) groups is 2. The van der Waals surface area contributed by atoms with Gasteiger partial charge in [-0.2, -0.15) is 0 Å². The van der Waals surface area contributed by atoms with Crippen molar-refractivity contribution in [2.75, 3.05) is 14.2 Å². The highest BCUT2D eigenvalue weighted by Crippen LogP contribution is 2.53. The molecule has 0 spiro atoms. The highest BCUT2D eigenvalue weighted by atomic mass is 16.5. The first-order valence-electron chi connectivity index (χ1n) is 21.0. The number of aryl methyl sites for hydroxylation is 2. The van der Waals surface area contributed by atoms with Gasteiger partial charge in [0, 0.05) is 0 Å². The predicted molar refractivity (Wildman–Crippen MR) is 246 cm³/mol. The minimum absolute atomic E-state index is 0.299. The standard InChI is InChI=1S/C56H48O4/c1-7-39-43-29-41-33(3)49(55(57)59-5)50(56(58)60-6)34(4)42(41)30-44(43)40(8-2)46-32-48-47(31-45(39)46)51(35-21-13-9-14-22-35)53(37-25-17-11-18-26-37)54(38-27-19-12-20-28-38)52(48)36-23-15-10-16-24-36/h9-28,31-32H,7-8,29-30H2,1-6H3. The van der Waals surface area contributed by atoms with Gasteiger partial charge in [0.15, 0.2) is 0 Å². The third kappa shape index (κ3) is 6.13. The van der Waals surface area contributed by atoms with Gasteiger partial charge in [0.1, 0.15) is 0 Å². The highest BCUT2D eigenvalue weighted by Gasteiger charge is 2.33. The van der Waals surface area contributed by atoms with E-state index in [9.17, 15) is 9.59 Å². The lowest BCUT2D eigenvalue weighted by molar-refractivity contribution is 0.0553. The summed E-state index contributed by atoms with van der Waals surface area (Å²) in [6.07, 6.45) is 3.00. The summed E-state index contributed by atoms with van der Waals surface area (Å²) in [6.45, 7) is 8.44. The summed E-state index contributed by atoms with van der Waals surface area (Å²) >= 11 is 0. The van der Waals surface area contributed by atoms with E-state index in [1.807, 2.05) is 13.8 Å². The molecule has 4 heteroatoms. The number of rotatable bonds is 8. The summed E-state index contributed by atoms with van der Waals surface area (Å²) in [5.41, 5.74) is 19.2. The second kappa shape index (κ2) is 15.8. The number of hydrogen-bond donors (Lipinski definition) is 0. The van der Waals surface area contributed by atoms with Crippen LogP contribution < -0.4 is 0 Å². The molecule has 0 bridgehead atoms. The van der Waals surface area contributed by atoms with Gasteiger partial charge in [-0.25, -0.2) is 9.59 Å². The van der Waals surface area contributed by atoms with E-state index in [1.165, 1.54) is 103 Å². The van der Waals surface area contributed by atoms with Crippen LogP contribution in [0.3, 0.4) is 0 Å². The van der Waals surface area contributed by atoms with Gasteiger partial charge >= 0.3 is 11.9 Å². The Morgan fingerprint density at radius 1 is 0.433 bits per heavy atom. The van der Waals surface area contributed by atoms with E-state index in [1.54, 1.807) is 0 Å². The average molecular weight is 785 g/mol. The quantitative estimate of drug-likeness (QED) is 0.114. The van der Waals surface area contributed by atoms with E-state index in [0.29, 0.717) is 24.0 Å². The van der Waals surface area contributed by atoms with E-state index in [0.717, 1.165) is 35.1 Å². The molecule has 8 aromatic rings. The summed E-state index contributed by atoms with van der Waals surface area (Å²) in [5, 5.41) is 4.95. The smallest absolute Gasteiger partial charge is 0.339 e. The largest absolute Gasteiger partial charge is 0.465 e. The molecule has 0 saturated heterocycles. The van der Waals surface area contributed by atoms with Crippen molar-refractivity contribution < 1.29 is 19.1 Å². The average Bonchev–Trinajstić information content (AvgIpc) is 3.30. The SMILES string of the molecule is CCc1c2c(c(CC)c3cc4c(-c5ccccc5)c(-c5ccccc5)c(-c5ccccc5)c(-c5ccccc5)c4cc13)Cc1c(C)c(C(=O)OC)c(C(=O)OC)c(C)c1C2. The number of ether oxygens (including phenoxy) is 2. The van der Waals surface area contributed by atoms with E-state index < -0.39 is 11.9 Å². The molecule has 0 N–H and O–H groups in total.